The van der Waals surface area contributed by atoms with Crippen LogP contribution >= 0.6 is 11.3 Å². The maximum absolute atomic E-state index is 12.1. The number of carbonyl (C=O) groups is 1. The van der Waals surface area contributed by atoms with E-state index in [0.717, 1.165) is 11.4 Å². The smallest absolute Gasteiger partial charge is 0.237 e. The number of aryl methyl sites for hydroxylation is 1. The Bertz CT molecular complexity index is 589. The molecule has 2 aromatic heterocycles. The average Bonchev–Trinajstić information content (AvgIpc) is 3.03. The molecular formula is C13H16N4OS. The second-order valence-electron chi connectivity index (χ2n) is 4.71. The highest BCUT2D eigenvalue weighted by molar-refractivity contribution is 7.10. The van der Waals surface area contributed by atoms with Crippen LogP contribution in [0.4, 0.5) is 0 Å². The van der Waals surface area contributed by atoms with Crippen LogP contribution in [0.15, 0.2) is 17.8 Å². The second kappa shape index (κ2) is 5.14. The fourth-order valence-electron chi connectivity index (χ4n) is 2.23. The minimum atomic E-state index is -0.184. The first-order valence-corrected chi connectivity index (χ1v) is 7.17. The fourth-order valence-corrected chi connectivity index (χ4v) is 3.08. The highest BCUT2D eigenvalue weighted by Gasteiger charge is 2.25. The van der Waals surface area contributed by atoms with Crippen LogP contribution in [0.3, 0.4) is 0 Å². The summed E-state index contributed by atoms with van der Waals surface area (Å²) in [6, 6.07) is 1.89. The molecular weight excluding hydrogens is 260 g/mol. The molecule has 0 saturated carbocycles. The first kappa shape index (κ1) is 12.4. The molecule has 1 amide bonds. The van der Waals surface area contributed by atoms with Crippen molar-refractivity contribution in [2.24, 2.45) is 0 Å². The minimum Gasteiger partial charge on any atom is -0.350 e. The van der Waals surface area contributed by atoms with E-state index in [0.29, 0.717) is 19.5 Å². The van der Waals surface area contributed by atoms with Crippen molar-refractivity contribution >= 4 is 17.2 Å². The van der Waals surface area contributed by atoms with E-state index in [1.54, 1.807) is 17.7 Å². The molecule has 0 radical (unpaired) electrons. The van der Waals surface area contributed by atoms with E-state index < -0.39 is 0 Å². The van der Waals surface area contributed by atoms with Gasteiger partial charge >= 0.3 is 0 Å². The molecule has 1 unspecified atom stereocenters. The third-order valence-corrected chi connectivity index (χ3v) is 4.46. The average molecular weight is 276 g/mol. The highest BCUT2D eigenvalue weighted by Crippen LogP contribution is 2.16. The summed E-state index contributed by atoms with van der Waals surface area (Å²) >= 11 is 1.68. The summed E-state index contributed by atoms with van der Waals surface area (Å²) in [4.78, 5) is 20.7. The molecule has 0 spiro atoms. The zero-order valence-electron chi connectivity index (χ0n) is 10.7. The van der Waals surface area contributed by atoms with Crippen LogP contribution in [0.2, 0.25) is 0 Å². The number of nitrogens with one attached hydrogen (secondary N) is 3. The van der Waals surface area contributed by atoms with E-state index in [9.17, 15) is 4.79 Å². The maximum atomic E-state index is 12.1. The summed E-state index contributed by atoms with van der Waals surface area (Å²) in [5.41, 5.74) is 3.31. The number of H-pyrrole nitrogens is 1. The Morgan fingerprint density at radius 3 is 3.32 bits per heavy atom. The van der Waals surface area contributed by atoms with Gasteiger partial charge in [0.05, 0.1) is 30.3 Å². The largest absolute Gasteiger partial charge is 0.350 e. The van der Waals surface area contributed by atoms with E-state index >= 15 is 0 Å². The van der Waals surface area contributed by atoms with Gasteiger partial charge in [-0.2, -0.15) is 0 Å². The lowest BCUT2D eigenvalue weighted by Gasteiger charge is -2.22. The van der Waals surface area contributed by atoms with Crippen molar-refractivity contribution in [1.29, 1.82) is 0 Å². The molecule has 3 rings (SSSR count). The lowest BCUT2D eigenvalue weighted by molar-refractivity contribution is -0.123. The number of aromatic nitrogens is 2. The Labute approximate surface area is 115 Å². The van der Waals surface area contributed by atoms with E-state index in [2.05, 4.69) is 33.6 Å². The van der Waals surface area contributed by atoms with Crippen molar-refractivity contribution in [1.82, 2.24) is 20.6 Å². The van der Waals surface area contributed by atoms with Crippen molar-refractivity contribution in [2.75, 3.05) is 0 Å². The molecule has 3 heterocycles. The van der Waals surface area contributed by atoms with Crippen molar-refractivity contribution in [3.8, 4) is 0 Å². The van der Waals surface area contributed by atoms with Gasteiger partial charge in [0, 0.05) is 17.8 Å². The van der Waals surface area contributed by atoms with Crippen molar-refractivity contribution in [2.45, 2.75) is 32.5 Å². The van der Waals surface area contributed by atoms with Gasteiger partial charge in [-0.15, -0.1) is 11.3 Å². The number of imidazole rings is 1. The number of nitrogens with zero attached hydrogens (tertiary/aromatic N) is 1. The summed E-state index contributed by atoms with van der Waals surface area (Å²) in [7, 11) is 0. The quantitative estimate of drug-likeness (QED) is 0.786. The number of carbonyl (C=O) groups excluding carboxylic acids is 1. The molecule has 0 aliphatic carbocycles. The molecule has 100 valence electrons. The molecule has 0 bridgehead atoms. The third-order valence-electron chi connectivity index (χ3n) is 3.44. The predicted molar refractivity (Wildman–Crippen MR) is 73.8 cm³/mol. The molecule has 19 heavy (non-hydrogen) atoms. The Morgan fingerprint density at radius 1 is 1.63 bits per heavy atom. The standard InChI is InChI=1S/C13H16N4OS/c1-8-2-3-19-12(8)6-15-13(18)10-4-9-11(5-14-10)17-7-16-9/h2-3,7,10,14H,4-6H2,1H3,(H,15,18)(H,16,17). The zero-order valence-corrected chi connectivity index (χ0v) is 11.5. The van der Waals surface area contributed by atoms with Crippen LogP contribution in [0.5, 0.6) is 0 Å². The Hall–Kier alpha value is -1.66. The van der Waals surface area contributed by atoms with Crippen LogP contribution in [-0.2, 0) is 24.3 Å². The fraction of sp³-hybridized carbons (Fsp3) is 0.385. The van der Waals surface area contributed by atoms with E-state index in [1.165, 1.54) is 10.4 Å². The number of aromatic amines is 1. The van der Waals surface area contributed by atoms with Gasteiger partial charge in [0.25, 0.3) is 0 Å². The predicted octanol–water partition coefficient (Wildman–Crippen LogP) is 1.11. The van der Waals surface area contributed by atoms with Crippen LogP contribution in [-0.4, -0.2) is 21.9 Å². The van der Waals surface area contributed by atoms with E-state index in [-0.39, 0.29) is 11.9 Å². The number of fused-ring (bicyclic) bond motifs is 1. The van der Waals surface area contributed by atoms with E-state index in [4.69, 9.17) is 0 Å². The first-order valence-electron chi connectivity index (χ1n) is 6.29. The zero-order chi connectivity index (χ0) is 13.2. The Balaban J connectivity index is 1.58. The number of hydrogen-bond acceptors (Lipinski definition) is 4. The minimum absolute atomic E-state index is 0.0430. The first-order chi connectivity index (χ1) is 9.24. The topological polar surface area (TPSA) is 69.8 Å². The SMILES string of the molecule is Cc1ccsc1CNC(=O)C1Cc2nc[nH]c2CN1. The summed E-state index contributed by atoms with van der Waals surface area (Å²) < 4.78 is 0. The second-order valence-corrected chi connectivity index (χ2v) is 5.71. The van der Waals surface area contributed by atoms with Gasteiger partial charge in [-0.1, -0.05) is 0 Å². The summed E-state index contributed by atoms with van der Waals surface area (Å²) in [6.07, 6.45) is 2.33. The maximum Gasteiger partial charge on any atom is 0.237 e. The molecule has 0 aromatic carbocycles. The van der Waals surface area contributed by atoms with Crippen molar-refractivity contribution in [3.63, 3.8) is 0 Å². The lowest BCUT2D eigenvalue weighted by Crippen LogP contribution is -2.47. The molecule has 1 atom stereocenters. The van der Waals surface area contributed by atoms with Crippen LogP contribution < -0.4 is 10.6 Å². The van der Waals surface area contributed by atoms with Crippen LogP contribution in [0, 0.1) is 6.92 Å². The molecule has 1 aliphatic rings. The van der Waals surface area contributed by atoms with Crippen LogP contribution in [0.25, 0.3) is 0 Å². The van der Waals surface area contributed by atoms with Crippen LogP contribution in [0.1, 0.15) is 21.8 Å². The molecule has 2 aromatic rings. The molecule has 5 nitrogen and oxygen atoms in total. The third kappa shape index (κ3) is 2.54. The van der Waals surface area contributed by atoms with Crippen molar-refractivity contribution in [3.05, 3.63) is 39.6 Å². The van der Waals surface area contributed by atoms with Gasteiger partial charge in [0.15, 0.2) is 0 Å². The van der Waals surface area contributed by atoms with Gasteiger partial charge in [-0.3, -0.25) is 10.1 Å². The number of rotatable bonds is 3. The molecule has 0 fully saturated rings. The van der Waals surface area contributed by atoms with Gasteiger partial charge in [-0.05, 0) is 23.9 Å². The number of thiophene rings is 1. The Morgan fingerprint density at radius 2 is 2.53 bits per heavy atom. The number of amides is 1. The van der Waals surface area contributed by atoms with Gasteiger partial charge < -0.3 is 10.3 Å². The number of hydrogen-bond donors (Lipinski definition) is 3. The molecule has 3 N–H and O–H groups in total. The normalized spacial score (nSPS) is 18.1. The van der Waals surface area contributed by atoms with Gasteiger partial charge in [-0.25, -0.2) is 4.98 Å². The molecule has 0 saturated heterocycles. The van der Waals surface area contributed by atoms with E-state index in [1.807, 2.05) is 5.38 Å². The monoisotopic (exact) mass is 276 g/mol. The highest BCUT2D eigenvalue weighted by atomic mass is 32.1. The van der Waals surface area contributed by atoms with Gasteiger partial charge in [0.2, 0.25) is 5.91 Å². The molecule has 6 heteroatoms. The summed E-state index contributed by atoms with van der Waals surface area (Å²) in [6.45, 7) is 3.34. The lowest BCUT2D eigenvalue weighted by atomic mass is 10.0. The summed E-state index contributed by atoms with van der Waals surface area (Å²) in [5.74, 6) is 0.0430. The Kier molecular flexibility index (Phi) is 3.35. The van der Waals surface area contributed by atoms with Gasteiger partial charge in [0.1, 0.15) is 0 Å². The summed E-state index contributed by atoms with van der Waals surface area (Å²) in [5, 5.41) is 8.26. The van der Waals surface area contributed by atoms with Crippen molar-refractivity contribution < 1.29 is 4.79 Å². The molecule has 1 aliphatic heterocycles.